The van der Waals surface area contributed by atoms with E-state index >= 15 is 0 Å². The van der Waals surface area contributed by atoms with Crippen molar-refractivity contribution in [3.63, 3.8) is 0 Å². The molecule has 1 heterocycles. The summed E-state index contributed by atoms with van der Waals surface area (Å²) in [6, 6.07) is -0.406. The average Bonchev–Trinajstić information content (AvgIpc) is 2.12. The second kappa shape index (κ2) is 5.93. The van der Waals surface area contributed by atoms with Crippen molar-refractivity contribution in [1.29, 1.82) is 0 Å². The third-order valence-corrected chi connectivity index (χ3v) is 2.43. The maximum atomic E-state index is 13.1. The molecule has 0 aromatic heterocycles. The average molecular weight is 265 g/mol. The van der Waals surface area contributed by atoms with Gasteiger partial charge in [0.15, 0.2) is 0 Å². The van der Waals surface area contributed by atoms with E-state index in [2.05, 4.69) is 5.32 Å². The lowest BCUT2D eigenvalue weighted by Crippen LogP contribution is -2.46. The number of alkyl halides is 2. The smallest absolute Gasteiger partial charge is 0.332 e. The molecule has 4 nitrogen and oxygen atoms in total. The number of halogens is 2. The van der Waals surface area contributed by atoms with E-state index in [0.717, 1.165) is 0 Å². The van der Waals surface area contributed by atoms with Crippen LogP contribution in [0.2, 0.25) is 0 Å². The summed E-state index contributed by atoms with van der Waals surface area (Å²) < 4.78 is 36.3. The first kappa shape index (κ1) is 15.3. The molecule has 1 rings (SSSR count). The fraction of sp³-hybridized carbons (Fsp3) is 0.917. The number of piperidine rings is 1. The van der Waals surface area contributed by atoms with Gasteiger partial charge in [0, 0.05) is 25.4 Å². The normalized spacial score (nSPS) is 23.7. The van der Waals surface area contributed by atoms with E-state index < -0.39 is 23.5 Å². The molecule has 0 radical (unpaired) electrons. The minimum atomic E-state index is -2.63. The maximum Gasteiger partial charge on any atom is 0.332 e. The van der Waals surface area contributed by atoms with Gasteiger partial charge in [-0.05, 0) is 20.8 Å². The number of ether oxygens (including phenoxy) is 2. The minimum Gasteiger partial charge on any atom is -0.458 e. The minimum absolute atomic E-state index is 0.0921. The highest BCUT2D eigenvalue weighted by atomic mass is 19.3. The van der Waals surface area contributed by atoms with Gasteiger partial charge in [0.05, 0.1) is 6.61 Å². The van der Waals surface area contributed by atoms with Crippen LogP contribution in [0.5, 0.6) is 0 Å². The van der Waals surface area contributed by atoms with Crippen LogP contribution in [0, 0.1) is 0 Å². The number of nitrogens with one attached hydrogen (secondary N) is 1. The number of carbonyl (C=O) groups excluding carboxylic acids is 1. The molecular weight excluding hydrogens is 244 g/mol. The van der Waals surface area contributed by atoms with Gasteiger partial charge in [0.25, 0.3) is 5.92 Å². The van der Waals surface area contributed by atoms with Gasteiger partial charge in [0.1, 0.15) is 12.2 Å². The summed E-state index contributed by atoms with van der Waals surface area (Å²) in [7, 11) is 0. The van der Waals surface area contributed by atoms with Gasteiger partial charge < -0.3 is 14.8 Å². The van der Waals surface area contributed by atoms with Crippen LogP contribution in [-0.4, -0.2) is 43.3 Å². The van der Waals surface area contributed by atoms with Crippen molar-refractivity contribution in [2.24, 2.45) is 0 Å². The SMILES string of the molecule is CC(C)(C)OC(=O)COCC1CC(F)(F)CCN1. The van der Waals surface area contributed by atoms with Crippen LogP contribution in [0.1, 0.15) is 33.6 Å². The van der Waals surface area contributed by atoms with E-state index in [1.54, 1.807) is 20.8 Å². The lowest BCUT2D eigenvalue weighted by atomic mass is 10.0. The predicted molar refractivity (Wildman–Crippen MR) is 62.6 cm³/mol. The van der Waals surface area contributed by atoms with Crippen molar-refractivity contribution >= 4 is 5.97 Å². The van der Waals surface area contributed by atoms with E-state index in [-0.39, 0.29) is 32.6 Å². The van der Waals surface area contributed by atoms with E-state index in [9.17, 15) is 13.6 Å². The van der Waals surface area contributed by atoms with Crippen LogP contribution in [0.3, 0.4) is 0 Å². The first-order valence-electron chi connectivity index (χ1n) is 6.09. The van der Waals surface area contributed by atoms with E-state index in [0.29, 0.717) is 0 Å². The molecule has 6 heteroatoms. The van der Waals surface area contributed by atoms with Gasteiger partial charge >= 0.3 is 5.97 Å². The van der Waals surface area contributed by atoms with Crippen LogP contribution in [0.4, 0.5) is 8.78 Å². The summed E-state index contributed by atoms with van der Waals surface area (Å²) in [6.45, 7) is 5.43. The number of rotatable bonds is 4. The summed E-state index contributed by atoms with van der Waals surface area (Å²) in [6.07, 6.45) is -0.392. The molecule has 0 aromatic rings. The standard InChI is InChI=1S/C12H21F2NO3/c1-11(2,3)18-10(16)8-17-7-9-6-12(13,14)4-5-15-9/h9,15H,4-8H2,1-3H3. The second-order valence-electron chi connectivity index (χ2n) is 5.56. The molecule has 0 saturated carbocycles. The zero-order valence-corrected chi connectivity index (χ0v) is 11.1. The molecule has 1 aliphatic heterocycles. The summed E-state index contributed by atoms with van der Waals surface area (Å²) in [5.74, 6) is -3.12. The third kappa shape index (κ3) is 6.26. The summed E-state index contributed by atoms with van der Waals surface area (Å²) in [5, 5.41) is 2.94. The molecule has 1 saturated heterocycles. The largest absolute Gasteiger partial charge is 0.458 e. The Kier molecular flexibility index (Phi) is 5.04. The number of esters is 1. The molecule has 0 aliphatic carbocycles. The summed E-state index contributed by atoms with van der Waals surface area (Å²) in [5.41, 5.74) is -0.559. The number of carbonyl (C=O) groups is 1. The van der Waals surface area contributed by atoms with Gasteiger partial charge in [-0.15, -0.1) is 0 Å². The van der Waals surface area contributed by atoms with Gasteiger partial charge in [-0.1, -0.05) is 0 Å². The van der Waals surface area contributed by atoms with Crippen LogP contribution in [0.25, 0.3) is 0 Å². The zero-order chi connectivity index (χ0) is 13.8. The van der Waals surface area contributed by atoms with Crippen molar-refractivity contribution in [3.8, 4) is 0 Å². The molecule has 1 aliphatic rings. The molecule has 18 heavy (non-hydrogen) atoms. The molecule has 1 fully saturated rings. The Labute approximate surface area is 106 Å². The van der Waals surface area contributed by atoms with Gasteiger partial charge in [-0.25, -0.2) is 13.6 Å². The Hall–Kier alpha value is -0.750. The van der Waals surface area contributed by atoms with Crippen molar-refractivity contribution in [2.75, 3.05) is 19.8 Å². The molecule has 0 amide bonds. The van der Waals surface area contributed by atoms with Gasteiger partial charge in [0.2, 0.25) is 0 Å². The number of hydrogen-bond acceptors (Lipinski definition) is 4. The van der Waals surface area contributed by atoms with Crippen molar-refractivity contribution in [1.82, 2.24) is 5.32 Å². The topological polar surface area (TPSA) is 47.6 Å². The summed E-state index contributed by atoms with van der Waals surface area (Å²) in [4.78, 5) is 11.3. The van der Waals surface area contributed by atoms with Gasteiger partial charge in [-0.2, -0.15) is 0 Å². The lowest BCUT2D eigenvalue weighted by Gasteiger charge is -2.29. The Morgan fingerprint density at radius 1 is 1.44 bits per heavy atom. The predicted octanol–water partition coefficient (Wildman–Crippen LogP) is 1.73. The molecule has 1 unspecified atom stereocenters. The number of hydrogen-bond donors (Lipinski definition) is 1. The molecule has 0 spiro atoms. The first-order chi connectivity index (χ1) is 8.18. The van der Waals surface area contributed by atoms with Crippen LogP contribution >= 0.6 is 0 Å². The van der Waals surface area contributed by atoms with Crippen LogP contribution in [0.15, 0.2) is 0 Å². The van der Waals surface area contributed by atoms with Crippen LogP contribution in [-0.2, 0) is 14.3 Å². The Balaban J connectivity index is 2.20. The Morgan fingerprint density at radius 2 is 2.11 bits per heavy atom. The fourth-order valence-electron chi connectivity index (χ4n) is 1.77. The first-order valence-corrected chi connectivity index (χ1v) is 6.09. The van der Waals surface area contributed by atoms with Crippen molar-refractivity contribution in [2.45, 2.75) is 51.2 Å². The maximum absolute atomic E-state index is 13.1. The Morgan fingerprint density at radius 3 is 2.67 bits per heavy atom. The summed E-state index contributed by atoms with van der Waals surface area (Å²) >= 11 is 0. The van der Waals surface area contributed by atoms with Crippen LogP contribution < -0.4 is 5.32 Å². The Bertz CT molecular complexity index is 290. The van der Waals surface area contributed by atoms with Crippen molar-refractivity contribution < 1.29 is 23.0 Å². The second-order valence-corrected chi connectivity index (χ2v) is 5.56. The molecule has 0 bridgehead atoms. The molecule has 1 atom stereocenters. The fourth-order valence-corrected chi connectivity index (χ4v) is 1.77. The quantitative estimate of drug-likeness (QED) is 0.786. The van der Waals surface area contributed by atoms with E-state index in [1.165, 1.54) is 0 Å². The molecular formula is C12H21F2NO3. The third-order valence-electron chi connectivity index (χ3n) is 2.43. The highest BCUT2D eigenvalue weighted by Crippen LogP contribution is 2.27. The highest BCUT2D eigenvalue weighted by Gasteiger charge is 2.36. The van der Waals surface area contributed by atoms with E-state index in [1.807, 2.05) is 0 Å². The highest BCUT2D eigenvalue weighted by molar-refractivity contribution is 5.71. The molecule has 106 valence electrons. The van der Waals surface area contributed by atoms with Crippen molar-refractivity contribution in [3.05, 3.63) is 0 Å². The molecule has 0 aromatic carbocycles. The van der Waals surface area contributed by atoms with E-state index in [4.69, 9.17) is 9.47 Å². The van der Waals surface area contributed by atoms with Gasteiger partial charge in [-0.3, -0.25) is 0 Å². The zero-order valence-electron chi connectivity index (χ0n) is 11.1. The lowest BCUT2D eigenvalue weighted by molar-refractivity contribution is -0.160. The monoisotopic (exact) mass is 265 g/mol. The molecule has 1 N–H and O–H groups in total.